The Bertz CT molecular complexity index is 430. The van der Waals surface area contributed by atoms with Crippen molar-refractivity contribution < 1.29 is 8.42 Å². The van der Waals surface area contributed by atoms with E-state index in [0.717, 1.165) is 19.4 Å². The van der Waals surface area contributed by atoms with Gasteiger partial charge in [-0.3, -0.25) is 0 Å². The van der Waals surface area contributed by atoms with E-state index in [1.807, 2.05) is 0 Å². The summed E-state index contributed by atoms with van der Waals surface area (Å²) >= 11 is 0. The average molecular weight is 317 g/mol. The molecule has 0 spiro atoms. The number of piperidine rings is 1. The lowest BCUT2D eigenvalue weighted by molar-refractivity contribution is 0.249. The number of hydrogen-bond donors (Lipinski definition) is 1. The van der Waals surface area contributed by atoms with Crippen LogP contribution in [0.25, 0.3) is 0 Å². The molecule has 1 aliphatic heterocycles. The second-order valence-electron chi connectivity index (χ2n) is 7.17. The van der Waals surface area contributed by atoms with Gasteiger partial charge in [0.2, 0.25) is 0 Å². The molecule has 21 heavy (non-hydrogen) atoms. The minimum atomic E-state index is -3.25. The van der Waals surface area contributed by atoms with Crippen molar-refractivity contribution in [2.24, 2.45) is 17.8 Å². The molecule has 6 heteroatoms. The quantitative estimate of drug-likeness (QED) is 0.775. The van der Waals surface area contributed by atoms with Crippen molar-refractivity contribution in [3.05, 3.63) is 0 Å². The van der Waals surface area contributed by atoms with Crippen LogP contribution in [0.1, 0.15) is 40.0 Å². The highest BCUT2D eigenvalue weighted by Gasteiger charge is 2.38. The summed E-state index contributed by atoms with van der Waals surface area (Å²) in [7, 11) is -1.52. The number of nitrogens with zero attached hydrogens (tertiary/aromatic N) is 2. The molecule has 2 unspecified atom stereocenters. The minimum absolute atomic E-state index is 0.499. The molecule has 2 atom stereocenters. The molecule has 1 heterocycles. The number of nitrogens with one attached hydrogen (secondary N) is 1. The Morgan fingerprint density at radius 1 is 1.29 bits per heavy atom. The maximum absolute atomic E-state index is 12.6. The fourth-order valence-electron chi connectivity index (χ4n) is 3.02. The Balaban J connectivity index is 1.79. The molecule has 0 aromatic rings. The molecule has 0 bridgehead atoms. The van der Waals surface area contributed by atoms with Crippen molar-refractivity contribution >= 4 is 10.2 Å². The molecule has 124 valence electrons. The van der Waals surface area contributed by atoms with E-state index in [2.05, 4.69) is 26.1 Å². The molecule has 5 nitrogen and oxygen atoms in total. The highest BCUT2D eigenvalue weighted by molar-refractivity contribution is 7.86. The Morgan fingerprint density at radius 3 is 2.33 bits per heavy atom. The first kappa shape index (κ1) is 17.2. The van der Waals surface area contributed by atoms with Gasteiger partial charge in [-0.05, 0) is 43.6 Å². The molecule has 2 aliphatic rings. The van der Waals surface area contributed by atoms with Crippen LogP contribution in [0.15, 0.2) is 0 Å². The van der Waals surface area contributed by atoms with Crippen LogP contribution in [0.4, 0.5) is 0 Å². The molecular formula is C15H31N3O2S. The van der Waals surface area contributed by atoms with Gasteiger partial charge in [-0.1, -0.05) is 20.8 Å². The summed E-state index contributed by atoms with van der Waals surface area (Å²) in [5.74, 6) is 1.86. The van der Waals surface area contributed by atoms with E-state index < -0.39 is 10.2 Å². The second-order valence-corrected chi connectivity index (χ2v) is 9.20. The van der Waals surface area contributed by atoms with Gasteiger partial charge in [0.1, 0.15) is 0 Å². The zero-order chi connectivity index (χ0) is 15.6. The second kappa shape index (κ2) is 6.94. The van der Waals surface area contributed by atoms with Crippen molar-refractivity contribution in [3.63, 3.8) is 0 Å². The Labute approximate surface area is 130 Å². The van der Waals surface area contributed by atoms with E-state index in [9.17, 15) is 8.42 Å². The summed E-state index contributed by atoms with van der Waals surface area (Å²) in [6.07, 6.45) is 3.10. The van der Waals surface area contributed by atoms with Crippen LogP contribution in [0, 0.1) is 17.8 Å². The Morgan fingerprint density at radius 2 is 1.86 bits per heavy atom. The van der Waals surface area contributed by atoms with Crippen LogP contribution in [-0.2, 0) is 10.2 Å². The van der Waals surface area contributed by atoms with Gasteiger partial charge < -0.3 is 5.32 Å². The normalized spacial score (nSPS) is 28.5. The Kier molecular flexibility index (Phi) is 5.68. The highest BCUT2D eigenvalue weighted by Crippen LogP contribution is 2.38. The smallest absolute Gasteiger partial charge is 0.281 e. The first-order chi connectivity index (χ1) is 9.80. The maximum Gasteiger partial charge on any atom is 0.281 e. The highest BCUT2D eigenvalue weighted by atomic mass is 32.2. The standard InChI is InChI=1S/C15H31N3O2S/c1-12(2)16-10-14-5-7-18(8-6-14)21(19,20)17(4)11-15-9-13(15)3/h12-16H,5-11H2,1-4H3. The minimum Gasteiger partial charge on any atom is -0.314 e. The lowest BCUT2D eigenvalue weighted by atomic mass is 9.98. The van der Waals surface area contributed by atoms with E-state index in [1.165, 1.54) is 6.42 Å². The van der Waals surface area contributed by atoms with Crippen LogP contribution in [0.3, 0.4) is 0 Å². The van der Waals surface area contributed by atoms with E-state index in [1.54, 1.807) is 15.7 Å². The van der Waals surface area contributed by atoms with Crippen LogP contribution in [0.5, 0.6) is 0 Å². The van der Waals surface area contributed by atoms with Gasteiger partial charge in [0, 0.05) is 32.7 Å². The molecule has 0 aromatic heterocycles. The lowest BCUT2D eigenvalue weighted by Gasteiger charge is -2.34. The van der Waals surface area contributed by atoms with E-state index in [-0.39, 0.29) is 0 Å². The van der Waals surface area contributed by atoms with E-state index in [0.29, 0.717) is 43.4 Å². The monoisotopic (exact) mass is 317 g/mol. The SMILES string of the molecule is CC(C)NCC1CCN(S(=O)(=O)N(C)CC2CC2C)CC1. The number of hydrogen-bond acceptors (Lipinski definition) is 3. The summed E-state index contributed by atoms with van der Waals surface area (Å²) in [6.45, 7) is 9.49. The van der Waals surface area contributed by atoms with Crippen molar-refractivity contribution in [1.82, 2.24) is 13.9 Å². The van der Waals surface area contributed by atoms with Gasteiger partial charge in [-0.25, -0.2) is 0 Å². The van der Waals surface area contributed by atoms with E-state index in [4.69, 9.17) is 0 Å². The molecule has 0 amide bonds. The molecule has 1 saturated heterocycles. The molecule has 0 radical (unpaired) electrons. The van der Waals surface area contributed by atoms with Gasteiger partial charge in [-0.2, -0.15) is 17.0 Å². The topological polar surface area (TPSA) is 52.7 Å². The predicted octanol–water partition coefficient (Wildman–Crippen LogP) is 1.53. The Hall–Kier alpha value is -0.170. The van der Waals surface area contributed by atoms with Crippen LogP contribution >= 0.6 is 0 Å². The summed E-state index contributed by atoms with van der Waals surface area (Å²) < 4.78 is 28.4. The summed E-state index contributed by atoms with van der Waals surface area (Å²) in [6, 6.07) is 0.499. The van der Waals surface area contributed by atoms with Crippen molar-refractivity contribution in [3.8, 4) is 0 Å². The first-order valence-corrected chi connectivity index (χ1v) is 9.65. The third kappa shape index (κ3) is 4.65. The summed E-state index contributed by atoms with van der Waals surface area (Å²) in [4.78, 5) is 0. The van der Waals surface area contributed by atoms with Crippen LogP contribution in [-0.4, -0.2) is 56.3 Å². The largest absolute Gasteiger partial charge is 0.314 e. The van der Waals surface area contributed by atoms with Crippen molar-refractivity contribution in [2.45, 2.75) is 46.1 Å². The zero-order valence-corrected chi connectivity index (χ0v) is 14.7. The predicted molar refractivity (Wildman–Crippen MR) is 86.3 cm³/mol. The molecule has 2 fully saturated rings. The van der Waals surface area contributed by atoms with Gasteiger partial charge in [0.05, 0.1) is 0 Å². The van der Waals surface area contributed by atoms with Gasteiger partial charge >= 0.3 is 0 Å². The molecule has 2 rings (SSSR count). The lowest BCUT2D eigenvalue weighted by Crippen LogP contribution is -2.47. The van der Waals surface area contributed by atoms with Crippen LogP contribution in [0.2, 0.25) is 0 Å². The van der Waals surface area contributed by atoms with E-state index >= 15 is 0 Å². The summed E-state index contributed by atoms with van der Waals surface area (Å²) in [5, 5.41) is 3.45. The van der Waals surface area contributed by atoms with Gasteiger partial charge in [0.15, 0.2) is 0 Å². The van der Waals surface area contributed by atoms with Gasteiger partial charge in [-0.15, -0.1) is 0 Å². The average Bonchev–Trinajstić information content (AvgIpc) is 3.12. The van der Waals surface area contributed by atoms with Gasteiger partial charge in [0.25, 0.3) is 10.2 Å². The van der Waals surface area contributed by atoms with Crippen molar-refractivity contribution in [1.29, 1.82) is 0 Å². The molecule has 1 N–H and O–H groups in total. The first-order valence-electron chi connectivity index (χ1n) is 8.25. The maximum atomic E-state index is 12.6. The fraction of sp³-hybridized carbons (Fsp3) is 1.00. The van der Waals surface area contributed by atoms with Crippen molar-refractivity contribution in [2.75, 3.05) is 33.2 Å². The third-order valence-electron chi connectivity index (χ3n) is 4.88. The molecule has 0 aromatic carbocycles. The number of rotatable bonds is 7. The molecule has 1 saturated carbocycles. The van der Waals surface area contributed by atoms with Crippen LogP contribution < -0.4 is 5.32 Å². The molecule has 1 aliphatic carbocycles. The third-order valence-corrected chi connectivity index (χ3v) is 6.83. The zero-order valence-electron chi connectivity index (χ0n) is 13.9. The summed E-state index contributed by atoms with van der Waals surface area (Å²) in [5.41, 5.74) is 0. The molecular weight excluding hydrogens is 286 g/mol. The fourth-order valence-corrected chi connectivity index (χ4v) is 4.47.